The van der Waals surface area contributed by atoms with E-state index in [9.17, 15) is 0 Å². The molecule has 8 nitrogen and oxygen atoms in total. The van der Waals surface area contributed by atoms with Gasteiger partial charge in [-0.25, -0.2) is 10.8 Å². The van der Waals surface area contributed by atoms with Gasteiger partial charge in [-0.05, 0) is 0 Å². The number of nitrogens with one attached hydrogen (secondary N) is 1. The maximum atomic E-state index is 5.31. The standard InChI is InChI=1S/C9H12N8/c10-14-7-3-11-4-8(13-7)16-1-2-17-6-12-15-9(17)5-16/h3-4,6H,1-2,5,10H2,(H,13,14). The van der Waals surface area contributed by atoms with E-state index in [0.717, 1.165) is 24.7 Å². The number of rotatable bonds is 2. The van der Waals surface area contributed by atoms with Crippen LogP contribution in [0.2, 0.25) is 0 Å². The maximum absolute atomic E-state index is 5.31. The second kappa shape index (κ2) is 3.98. The van der Waals surface area contributed by atoms with Crippen LogP contribution in [0, 0.1) is 0 Å². The Morgan fingerprint density at radius 1 is 1.29 bits per heavy atom. The molecule has 8 heteroatoms. The van der Waals surface area contributed by atoms with Crippen molar-refractivity contribution in [1.82, 2.24) is 24.7 Å². The van der Waals surface area contributed by atoms with Gasteiger partial charge in [0, 0.05) is 13.1 Å². The lowest BCUT2D eigenvalue weighted by molar-refractivity contribution is 0.555. The third-order valence-electron chi connectivity index (χ3n) is 2.73. The molecule has 0 fully saturated rings. The average Bonchev–Trinajstić information content (AvgIpc) is 2.86. The van der Waals surface area contributed by atoms with Crippen LogP contribution in [0.1, 0.15) is 5.82 Å². The van der Waals surface area contributed by atoms with Gasteiger partial charge in [-0.2, -0.15) is 0 Å². The Kier molecular flexibility index (Phi) is 2.33. The van der Waals surface area contributed by atoms with Crippen molar-refractivity contribution in [3.8, 4) is 0 Å². The SMILES string of the molecule is NNc1cncc(N2CCn3cnnc3C2)n1. The minimum atomic E-state index is 0.551. The summed E-state index contributed by atoms with van der Waals surface area (Å²) in [4.78, 5) is 10.5. The average molecular weight is 232 g/mol. The number of nitrogens with two attached hydrogens (primary N) is 1. The monoisotopic (exact) mass is 232 g/mol. The van der Waals surface area contributed by atoms with E-state index in [2.05, 4.69) is 30.5 Å². The second-order valence-corrected chi connectivity index (χ2v) is 3.77. The fourth-order valence-electron chi connectivity index (χ4n) is 1.84. The minimum Gasteiger partial charge on any atom is -0.346 e. The Hall–Kier alpha value is -2.22. The van der Waals surface area contributed by atoms with E-state index in [1.807, 2.05) is 4.57 Å². The molecule has 1 aliphatic heterocycles. The van der Waals surface area contributed by atoms with Crippen molar-refractivity contribution in [2.75, 3.05) is 16.9 Å². The highest BCUT2D eigenvalue weighted by atomic mass is 15.3. The molecule has 0 aromatic carbocycles. The number of fused-ring (bicyclic) bond motifs is 1. The molecule has 0 unspecified atom stereocenters. The van der Waals surface area contributed by atoms with Gasteiger partial charge in [0.15, 0.2) is 11.6 Å². The van der Waals surface area contributed by atoms with E-state index < -0.39 is 0 Å². The first-order chi connectivity index (χ1) is 8.36. The first-order valence-electron chi connectivity index (χ1n) is 5.27. The lowest BCUT2D eigenvalue weighted by atomic mass is 10.3. The van der Waals surface area contributed by atoms with E-state index in [4.69, 9.17) is 5.84 Å². The quantitative estimate of drug-likeness (QED) is 0.525. The number of nitrogen functional groups attached to an aromatic ring is 1. The predicted molar refractivity (Wildman–Crippen MR) is 60.9 cm³/mol. The van der Waals surface area contributed by atoms with Crippen LogP contribution in [-0.2, 0) is 13.1 Å². The summed E-state index contributed by atoms with van der Waals surface area (Å²) < 4.78 is 2.04. The summed E-state index contributed by atoms with van der Waals surface area (Å²) in [5, 5.41) is 7.94. The number of aromatic nitrogens is 5. The van der Waals surface area contributed by atoms with Crippen molar-refractivity contribution in [1.29, 1.82) is 0 Å². The maximum Gasteiger partial charge on any atom is 0.160 e. The molecule has 2 aromatic rings. The topological polar surface area (TPSA) is 97.8 Å². The van der Waals surface area contributed by atoms with Gasteiger partial charge in [0.1, 0.15) is 12.1 Å². The first kappa shape index (κ1) is 9.97. The number of hydrogen-bond acceptors (Lipinski definition) is 7. The number of anilines is 2. The van der Waals surface area contributed by atoms with Crippen molar-refractivity contribution in [2.24, 2.45) is 5.84 Å². The zero-order chi connectivity index (χ0) is 11.7. The van der Waals surface area contributed by atoms with Crippen LogP contribution in [0.25, 0.3) is 0 Å². The smallest absolute Gasteiger partial charge is 0.160 e. The Morgan fingerprint density at radius 3 is 3.12 bits per heavy atom. The van der Waals surface area contributed by atoms with Gasteiger partial charge in [-0.1, -0.05) is 0 Å². The van der Waals surface area contributed by atoms with E-state index >= 15 is 0 Å². The Morgan fingerprint density at radius 2 is 2.24 bits per heavy atom. The molecule has 0 saturated carbocycles. The van der Waals surface area contributed by atoms with Crippen LogP contribution < -0.4 is 16.2 Å². The molecule has 0 amide bonds. The molecule has 88 valence electrons. The molecule has 0 spiro atoms. The van der Waals surface area contributed by atoms with Gasteiger partial charge in [0.2, 0.25) is 0 Å². The fraction of sp³-hybridized carbons (Fsp3) is 0.333. The first-order valence-corrected chi connectivity index (χ1v) is 5.27. The van der Waals surface area contributed by atoms with E-state index in [-0.39, 0.29) is 0 Å². The Bertz CT molecular complexity index is 521. The normalized spacial score (nSPS) is 14.5. The molecule has 0 saturated heterocycles. The summed E-state index contributed by atoms with van der Waals surface area (Å²) >= 11 is 0. The van der Waals surface area contributed by atoms with Gasteiger partial charge in [0.05, 0.1) is 18.9 Å². The molecule has 3 rings (SSSR count). The van der Waals surface area contributed by atoms with E-state index in [1.165, 1.54) is 0 Å². The van der Waals surface area contributed by atoms with Gasteiger partial charge in [0.25, 0.3) is 0 Å². The Labute approximate surface area is 97.5 Å². The van der Waals surface area contributed by atoms with Crippen LogP contribution in [0.5, 0.6) is 0 Å². The summed E-state index contributed by atoms with van der Waals surface area (Å²) in [5.74, 6) is 7.58. The van der Waals surface area contributed by atoms with Crippen molar-refractivity contribution >= 4 is 11.6 Å². The van der Waals surface area contributed by atoms with Crippen molar-refractivity contribution < 1.29 is 0 Å². The predicted octanol–water partition coefficient (Wildman–Crippen LogP) is -0.626. The second-order valence-electron chi connectivity index (χ2n) is 3.77. The highest BCUT2D eigenvalue weighted by Crippen LogP contribution is 2.17. The molecule has 0 aliphatic carbocycles. The van der Waals surface area contributed by atoms with Gasteiger partial charge in [-0.3, -0.25) is 4.98 Å². The van der Waals surface area contributed by atoms with Crippen molar-refractivity contribution in [3.05, 3.63) is 24.5 Å². The third-order valence-corrected chi connectivity index (χ3v) is 2.73. The molecular weight excluding hydrogens is 220 g/mol. The van der Waals surface area contributed by atoms with Crippen LogP contribution in [-0.4, -0.2) is 31.3 Å². The molecule has 3 heterocycles. The van der Waals surface area contributed by atoms with Gasteiger partial charge in [-0.15, -0.1) is 10.2 Å². The van der Waals surface area contributed by atoms with Crippen LogP contribution in [0.15, 0.2) is 18.7 Å². The zero-order valence-electron chi connectivity index (χ0n) is 9.11. The molecule has 0 atom stereocenters. The number of nitrogens with zero attached hydrogens (tertiary/aromatic N) is 6. The largest absolute Gasteiger partial charge is 0.346 e. The molecule has 2 aromatic heterocycles. The minimum absolute atomic E-state index is 0.551. The molecule has 0 radical (unpaired) electrons. The summed E-state index contributed by atoms with van der Waals surface area (Å²) in [5.41, 5.74) is 2.49. The highest BCUT2D eigenvalue weighted by Gasteiger charge is 2.18. The number of hydrogen-bond donors (Lipinski definition) is 2. The molecule has 0 bridgehead atoms. The van der Waals surface area contributed by atoms with Crippen LogP contribution >= 0.6 is 0 Å². The van der Waals surface area contributed by atoms with Crippen LogP contribution in [0.3, 0.4) is 0 Å². The van der Waals surface area contributed by atoms with E-state index in [0.29, 0.717) is 12.4 Å². The summed E-state index contributed by atoms with van der Waals surface area (Å²) in [6, 6.07) is 0. The lowest BCUT2D eigenvalue weighted by Crippen LogP contribution is -2.34. The zero-order valence-corrected chi connectivity index (χ0v) is 9.11. The summed E-state index contributed by atoms with van der Waals surface area (Å²) in [7, 11) is 0. The van der Waals surface area contributed by atoms with Gasteiger partial charge < -0.3 is 14.9 Å². The Balaban J connectivity index is 1.86. The third kappa shape index (κ3) is 1.78. The van der Waals surface area contributed by atoms with Crippen LogP contribution in [0.4, 0.5) is 11.6 Å². The molecule has 17 heavy (non-hydrogen) atoms. The van der Waals surface area contributed by atoms with Crippen molar-refractivity contribution in [3.63, 3.8) is 0 Å². The van der Waals surface area contributed by atoms with Crippen molar-refractivity contribution in [2.45, 2.75) is 13.1 Å². The van der Waals surface area contributed by atoms with Gasteiger partial charge >= 0.3 is 0 Å². The summed E-state index contributed by atoms with van der Waals surface area (Å²) in [6.45, 7) is 2.39. The number of hydrazine groups is 1. The lowest BCUT2D eigenvalue weighted by Gasteiger charge is -2.27. The molecular formula is C9H12N8. The highest BCUT2D eigenvalue weighted by molar-refractivity contribution is 5.43. The summed E-state index contributed by atoms with van der Waals surface area (Å²) in [6.07, 6.45) is 5.04. The fourth-order valence-corrected chi connectivity index (χ4v) is 1.84. The van der Waals surface area contributed by atoms with E-state index in [1.54, 1.807) is 18.7 Å². The molecule has 1 aliphatic rings. The molecule has 3 N–H and O–H groups in total.